The number of carbonyl (C=O) groups is 2. The number of rotatable bonds is 3. The standard InChI is InChI=1S/C15H18Cl2N2O2/c1-4-11-15(21)19(12(5-2)14(20)18-11)13-7-9(16)8(3)6-10(13)17/h6-7,11-12H,4-5H2,1-3H3,(H,18,20). The predicted octanol–water partition coefficient (Wildman–Crippen LogP) is 3.32. The summed E-state index contributed by atoms with van der Waals surface area (Å²) in [6.07, 6.45) is 1.05. The van der Waals surface area contributed by atoms with Crippen molar-refractivity contribution in [2.75, 3.05) is 4.90 Å². The third kappa shape index (κ3) is 2.87. The molecule has 4 nitrogen and oxygen atoms in total. The van der Waals surface area contributed by atoms with Gasteiger partial charge in [-0.1, -0.05) is 37.0 Å². The van der Waals surface area contributed by atoms with Gasteiger partial charge in [-0.15, -0.1) is 0 Å². The zero-order valence-electron chi connectivity index (χ0n) is 12.2. The summed E-state index contributed by atoms with van der Waals surface area (Å²) in [6.45, 7) is 5.56. The second-order valence-electron chi connectivity index (χ2n) is 5.15. The Balaban J connectivity index is 2.53. The maximum atomic E-state index is 12.6. The van der Waals surface area contributed by atoms with Crippen molar-refractivity contribution in [1.82, 2.24) is 5.32 Å². The molecule has 2 amide bonds. The molecule has 1 N–H and O–H groups in total. The first-order valence-electron chi connectivity index (χ1n) is 6.99. The molecular weight excluding hydrogens is 311 g/mol. The maximum absolute atomic E-state index is 12.6. The number of hydrogen-bond donors (Lipinski definition) is 1. The number of amides is 2. The van der Waals surface area contributed by atoms with Crippen molar-refractivity contribution in [1.29, 1.82) is 0 Å². The first-order valence-corrected chi connectivity index (χ1v) is 7.75. The average molecular weight is 329 g/mol. The van der Waals surface area contributed by atoms with E-state index >= 15 is 0 Å². The van der Waals surface area contributed by atoms with E-state index in [1.807, 2.05) is 20.8 Å². The molecule has 0 radical (unpaired) electrons. The molecule has 0 spiro atoms. The van der Waals surface area contributed by atoms with Crippen molar-refractivity contribution >= 4 is 40.7 Å². The van der Waals surface area contributed by atoms with Crippen molar-refractivity contribution in [2.24, 2.45) is 0 Å². The van der Waals surface area contributed by atoms with Crippen LogP contribution >= 0.6 is 23.2 Å². The number of aryl methyl sites for hydroxylation is 1. The van der Waals surface area contributed by atoms with Gasteiger partial charge in [-0.05, 0) is 37.5 Å². The van der Waals surface area contributed by atoms with Crippen molar-refractivity contribution in [3.05, 3.63) is 27.7 Å². The van der Waals surface area contributed by atoms with Gasteiger partial charge in [0.25, 0.3) is 0 Å². The fourth-order valence-electron chi connectivity index (χ4n) is 2.52. The molecule has 1 aliphatic heterocycles. The van der Waals surface area contributed by atoms with Crippen LogP contribution in [0.2, 0.25) is 10.0 Å². The quantitative estimate of drug-likeness (QED) is 0.925. The van der Waals surface area contributed by atoms with Crippen LogP contribution in [0.25, 0.3) is 0 Å². The summed E-state index contributed by atoms with van der Waals surface area (Å²) in [7, 11) is 0. The Morgan fingerprint density at radius 3 is 2.38 bits per heavy atom. The van der Waals surface area contributed by atoms with Gasteiger partial charge in [-0.25, -0.2) is 0 Å². The highest BCUT2D eigenvalue weighted by atomic mass is 35.5. The van der Waals surface area contributed by atoms with Gasteiger partial charge in [0.05, 0.1) is 10.7 Å². The normalized spacial score (nSPS) is 22.4. The van der Waals surface area contributed by atoms with Crippen LogP contribution in [-0.2, 0) is 9.59 Å². The molecule has 1 aromatic carbocycles. The number of nitrogens with one attached hydrogen (secondary N) is 1. The number of hydrogen-bond acceptors (Lipinski definition) is 2. The molecule has 21 heavy (non-hydrogen) atoms. The molecular formula is C15H18Cl2N2O2. The highest BCUT2D eigenvalue weighted by Gasteiger charge is 2.40. The topological polar surface area (TPSA) is 49.4 Å². The Morgan fingerprint density at radius 2 is 1.81 bits per heavy atom. The third-order valence-electron chi connectivity index (χ3n) is 3.75. The number of anilines is 1. The van der Waals surface area contributed by atoms with Crippen LogP contribution in [0, 0.1) is 6.92 Å². The van der Waals surface area contributed by atoms with Crippen LogP contribution in [0.4, 0.5) is 5.69 Å². The minimum Gasteiger partial charge on any atom is -0.342 e. The van der Waals surface area contributed by atoms with Gasteiger partial charge in [-0.2, -0.15) is 0 Å². The number of piperazine rings is 1. The van der Waals surface area contributed by atoms with Crippen LogP contribution in [0.3, 0.4) is 0 Å². The highest BCUT2D eigenvalue weighted by molar-refractivity contribution is 6.36. The van der Waals surface area contributed by atoms with Gasteiger partial charge in [0.15, 0.2) is 0 Å². The van der Waals surface area contributed by atoms with Gasteiger partial charge in [-0.3, -0.25) is 14.5 Å². The molecule has 1 aliphatic rings. The fourth-order valence-corrected chi connectivity index (χ4v) is 2.99. The summed E-state index contributed by atoms with van der Waals surface area (Å²) in [5.74, 6) is -0.303. The van der Waals surface area contributed by atoms with Crippen LogP contribution in [0.5, 0.6) is 0 Å². The minimum absolute atomic E-state index is 0.147. The molecule has 0 saturated carbocycles. The monoisotopic (exact) mass is 328 g/mol. The molecule has 0 aliphatic carbocycles. The molecule has 6 heteroatoms. The first kappa shape index (κ1) is 16.1. The van der Waals surface area contributed by atoms with Crippen LogP contribution < -0.4 is 10.2 Å². The lowest BCUT2D eigenvalue weighted by Crippen LogP contribution is -2.63. The predicted molar refractivity (Wildman–Crippen MR) is 85.0 cm³/mol. The lowest BCUT2D eigenvalue weighted by atomic mass is 10.0. The summed E-state index contributed by atoms with van der Waals surface area (Å²) < 4.78 is 0. The zero-order chi connectivity index (χ0) is 15.7. The summed E-state index contributed by atoms with van der Waals surface area (Å²) in [5.41, 5.74) is 1.33. The molecule has 1 fully saturated rings. The summed E-state index contributed by atoms with van der Waals surface area (Å²) in [6, 6.07) is 2.30. The Labute approximate surface area is 134 Å². The number of benzene rings is 1. The van der Waals surface area contributed by atoms with E-state index < -0.39 is 12.1 Å². The first-order chi connectivity index (χ1) is 9.90. The van der Waals surface area contributed by atoms with E-state index in [9.17, 15) is 9.59 Å². The zero-order valence-corrected chi connectivity index (χ0v) is 13.8. The average Bonchev–Trinajstić information content (AvgIpc) is 2.44. The summed E-state index contributed by atoms with van der Waals surface area (Å²) in [5, 5.41) is 3.70. The summed E-state index contributed by atoms with van der Waals surface area (Å²) >= 11 is 12.4. The Hall–Kier alpha value is -1.26. The molecule has 2 rings (SSSR count). The van der Waals surface area contributed by atoms with Crippen molar-refractivity contribution in [3.63, 3.8) is 0 Å². The van der Waals surface area contributed by atoms with E-state index in [0.717, 1.165) is 5.56 Å². The molecule has 1 heterocycles. The number of halogens is 2. The second-order valence-corrected chi connectivity index (χ2v) is 5.97. The van der Waals surface area contributed by atoms with Crippen molar-refractivity contribution in [2.45, 2.75) is 45.7 Å². The fraction of sp³-hybridized carbons (Fsp3) is 0.467. The van der Waals surface area contributed by atoms with Crippen LogP contribution in [-0.4, -0.2) is 23.9 Å². The number of nitrogens with zero attached hydrogens (tertiary/aromatic N) is 1. The molecule has 0 bridgehead atoms. The van der Waals surface area contributed by atoms with Gasteiger partial charge in [0.2, 0.25) is 11.8 Å². The van der Waals surface area contributed by atoms with Gasteiger partial charge >= 0.3 is 0 Å². The smallest absolute Gasteiger partial charge is 0.250 e. The van der Waals surface area contributed by atoms with Gasteiger partial charge in [0.1, 0.15) is 12.1 Å². The molecule has 0 aromatic heterocycles. The van der Waals surface area contributed by atoms with Gasteiger partial charge < -0.3 is 5.32 Å². The summed E-state index contributed by atoms with van der Waals surface area (Å²) in [4.78, 5) is 26.3. The van der Waals surface area contributed by atoms with E-state index in [-0.39, 0.29) is 11.8 Å². The van der Waals surface area contributed by atoms with Crippen LogP contribution in [0.15, 0.2) is 12.1 Å². The molecule has 2 atom stereocenters. The number of carbonyl (C=O) groups excluding carboxylic acids is 2. The Morgan fingerprint density at radius 1 is 1.14 bits per heavy atom. The molecule has 2 unspecified atom stereocenters. The molecule has 1 saturated heterocycles. The molecule has 114 valence electrons. The third-order valence-corrected chi connectivity index (χ3v) is 4.46. The van der Waals surface area contributed by atoms with E-state index in [1.165, 1.54) is 4.90 Å². The van der Waals surface area contributed by atoms with E-state index in [1.54, 1.807) is 12.1 Å². The minimum atomic E-state index is -0.559. The highest BCUT2D eigenvalue weighted by Crippen LogP contribution is 2.35. The Kier molecular flexibility index (Phi) is 4.79. The molecule has 1 aromatic rings. The van der Waals surface area contributed by atoms with E-state index in [2.05, 4.69) is 5.32 Å². The van der Waals surface area contributed by atoms with Crippen molar-refractivity contribution < 1.29 is 9.59 Å². The lowest BCUT2D eigenvalue weighted by Gasteiger charge is -2.38. The van der Waals surface area contributed by atoms with Crippen LogP contribution in [0.1, 0.15) is 32.3 Å². The maximum Gasteiger partial charge on any atom is 0.250 e. The van der Waals surface area contributed by atoms with Gasteiger partial charge in [0, 0.05) is 5.02 Å². The lowest BCUT2D eigenvalue weighted by molar-refractivity contribution is -0.134. The van der Waals surface area contributed by atoms with E-state index in [4.69, 9.17) is 23.2 Å². The Bertz CT molecular complexity index is 589. The van der Waals surface area contributed by atoms with E-state index in [0.29, 0.717) is 28.6 Å². The largest absolute Gasteiger partial charge is 0.342 e. The van der Waals surface area contributed by atoms with Crippen molar-refractivity contribution in [3.8, 4) is 0 Å². The SMILES string of the molecule is CCC1NC(=O)C(CC)N(c2cc(Cl)c(C)cc2Cl)C1=O. The second kappa shape index (κ2) is 6.24.